The van der Waals surface area contributed by atoms with Gasteiger partial charge in [0.25, 0.3) is 0 Å². The lowest BCUT2D eigenvalue weighted by Crippen LogP contribution is -2.15. The second-order valence-electron chi connectivity index (χ2n) is 4.51. The van der Waals surface area contributed by atoms with E-state index < -0.39 is 0 Å². The minimum atomic E-state index is 0.577. The van der Waals surface area contributed by atoms with Gasteiger partial charge in [-0.15, -0.1) is 10.2 Å². The van der Waals surface area contributed by atoms with E-state index in [-0.39, 0.29) is 0 Å². The molecule has 0 bridgehead atoms. The molecule has 0 saturated heterocycles. The zero-order chi connectivity index (χ0) is 13.8. The molecule has 0 aliphatic carbocycles. The second-order valence-corrected chi connectivity index (χ2v) is 5.57. The third kappa shape index (κ3) is 2.76. The molecule has 5 nitrogen and oxygen atoms in total. The molecule has 1 aromatic carbocycles. The molecule has 0 saturated carbocycles. The van der Waals surface area contributed by atoms with E-state index in [4.69, 9.17) is 9.47 Å². The Kier molecular flexibility index (Phi) is 4.13. The van der Waals surface area contributed by atoms with Gasteiger partial charge in [-0.3, -0.25) is 0 Å². The van der Waals surface area contributed by atoms with Crippen LogP contribution in [0.15, 0.2) is 18.2 Å². The summed E-state index contributed by atoms with van der Waals surface area (Å²) in [6, 6.07) is 5.87. The lowest BCUT2D eigenvalue weighted by Gasteiger charge is -2.19. The zero-order valence-electron chi connectivity index (χ0n) is 11.4. The molecule has 0 spiro atoms. The summed E-state index contributed by atoms with van der Waals surface area (Å²) in [6.07, 6.45) is 1.11. The second kappa shape index (κ2) is 6.19. The number of ether oxygens (including phenoxy) is 2. The van der Waals surface area contributed by atoms with Crippen molar-refractivity contribution in [2.45, 2.75) is 19.9 Å². The van der Waals surface area contributed by atoms with Crippen LogP contribution in [0.25, 0.3) is 10.6 Å². The van der Waals surface area contributed by atoms with Crippen LogP contribution in [0.2, 0.25) is 0 Å². The minimum Gasteiger partial charge on any atom is -0.486 e. The lowest BCUT2D eigenvalue weighted by molar-refractivity contribution is 0.172. The predicted molar refractivity (Wildman–Crippen MR) is 78.3 cm³/mol. The van der Waals surface area contributed by atoms with Crippen LogP contribution in [0.4, 0.5) is 0 Å². The Bertz CT molecular complexity index is 586. The first-order valence-corrected chi connectivity index (χ1v) is 7.62. The molecule has 0 radical (unpaired) electrons. The summed E-state index contributed by atoms with van der Waals surface area (Å²) < 4.78 is 11.3. The third-order valence-corrected chi connectivity index (χ3v) is 3.92. The number of aromatic nitrogens is 2. The minimum absolute atomic E-state index is 0.577. The van der Waals surface area contributed by atoms with Gasteiger partial charge in [-0.25, -0.2) is 0 Å². The van der Waals surface area contributed by atoms with Gasteiger partial charge >= 0.3 is 0 Å². The molecule has 6 heteroatoms. The number of fused-ring (bicyclic) bond motifs is 1. The van der Waals surface area contributed by atoms with Gasteiger partial charge in [-0.05, 0) is 25.1 Å². The van der Waals surface area contributed by atoms with E-state index in [9.17, 15) is 0 Å². The molecule has 0 unspecified atom stereocenters. The van der Waals surface area contributed by atoms with E-state index in [0.717, 1.165) is 46.6 Å². The quantitative estimate of drug-likeness (QED) is 0.858. The highest BCUT2D eigenvalue weighted by Crippen LogP contribution is 2.40. The maximum atomic E-state index is 5.72. The first-order valence-electron chi connectivity index (χ1n) is 6.80. The Morgan fingerprint density at radius 2 is 2.15 bits per heavy atom. The molecule has 1 aromatic heterocycles. The number of rotatable bonds is 5. The molecule has 0 atom stereocenters. The molecular formula is C14H17N3O2S. The molecule has 2 heterocycles. The molecule has 3 rings (SSSR count). The van der Waals surface area contributed by atoms with E-state index in [0.29, 0.717) is 13.2 Å². The lowest BCUT2D eigenvalue weighted by atomic mass is 10.2. The first kappa shape index (κ1) is 13.3. The van der Waals surface area contributed by atoms with Gasteiger partial charge in [0, 0.05) is 6.54 Å². The fraction of sp³-hybridized carbons (Fsp3) is 0.429. The zero-order valence-corrected chi connectivity index (χ0v) is 12.2. The van der Waals surface area contributed by atoms with Crippen molar-refractivity contribution in [3.8, 4) is 22.1 Å². The fourth-order valence-electron chi connectivity index (χ4n) is 2.05. The smallest absolute Gasteiger partial charge is 0.171 e. The van der Waals surface area contributed by atoms with Crippen molar-refractivity contribution in [2.75, 3.05) is 19.8 Å². The van der Waals surface area contributed by atoms with Crippen molar-refractivity contribution < 1.29 is 9.47 Å². The van der Waals surface area contributed by atoms with Crippen LogP contribution in [0.5, 0.6) is 11.5 Å². The van der Waals surface area contributed by atoms with E-state index in [1.165, 1.54) is 0 Å². The predicted octanol–water partition coefficient (Wildman–Crippen LogP) is 2.48. The highest BCUT2D eigenvalue weighted by molar-refractivity contribution is 7.14. The first-order chi connectivity index (χ1) is 9.88. The van der Waals surface area contributed by atoms with E-state index in [1.54, 1.807) is 11.3 Å². The van der Waals surface area contributed by atoms with Crippen LogP contribution in [0, 0.1) is 0 Å². The van der Waals surface area contributed by atoms with E-state index in [1.807, 2.05) is 18.2 Å². The highest BCUT2D eigenvalue weighted by atomic mass is 32.1. The number of nitrogens with one attached hydrogen (secondary N) is 1. The number of hydrogen-bond acceptors (Lipinski definition) is 6. The van der Waals surface area contributed by atoms with Crippen molar-refractivity contribution in [3.05, 3.63) is 23.2 Å². The Hall–Kier alpha value is -1.66. The molecule has 1 aliphatic heterocycles. The summed E-state index contributed by atoms with van der Waals surface area (Å²) in [5, 5.41) is 13.7. The average Bonchev–Trinajstić information content (AvgIpc) is 2.96. The van der Waals surface area contributed by atoms with Gasteiger partial charge < -0.3 is 14.8 Å². The molecule has 0 amide bonds. The Morgan fingerprint density at radius 1 is 1.25 bits per heavy atom. The standard InChI is InChI=1S/C14H17N3O2S/c1-2-6-15-9-12-16-17-14(20-12)10-4-3-5-11-13(10)19-8-7-18-11/h3-5,15H,2,6-9H2,1H3. The van der Waals surface area contributed by atoms with Gasteiger partial charge in [-0.2, -0.15) is 0 Å². The molecule has 20 heavy (non-hydrogen) atoms. The normalized spacial score (nSPS) is 13.4. The SMILES string of the molecule is CCCNCc1nnc(-c2cccc3c2OCCO3)s1. The Labute approximate surface area is 121 Å². The van der Waals surface area contributed by atoms with Crippen LogP contribution in [0.1, 0.15) is 18.4 Å². The topological polar surface area (TPSA) is 56.3 Å². The summed E-state index contributed by atoms with van der Waals surface area (Å²) in [5.41, 5.74) is 0.960. The maximum Gasteiger partial charge on any atom is 0.171 e. The maximum absolute atomic E-state index is 5.72. The van der Waals surface area contributed by atoms with Crippen molar-refractivity contribution in [1.82, 2.24) is 15.5 Å². The van der Waals surface area contributed by atoms with Crippen LogP contribution >= 0.6 is 11.3 Å². The summed E-state index contributed by atoms with van der Waals surface area (Å²) in [4.78, 5) is 0. The average molecular weight is 291 g/mol. The largest absolute Gasteiger partial charge is 0.486 e. The van der Waals surface area contributed by atoms with Crippen LogP contribution in [-0.4, -0.2) is 30.0 Å². The van der Waals surface area contributed by atoms with Gasteiger partial charge in [0.15, 0.2) is 16.5 Å². The summed E-state index contributed by atoms with van der Waals surface area (Å²) >= 11 is 1.59. The Morgan fingerprint density at radius 3 is 3.05 bits per heavy atom. The summed E-state index contributed by atoms with van der Waals surface area (Å²) in [6.45, 7) is 5.07. The van der Waals surface area contributed by atoms with E-state index >= 15 is 0 Å². The fourth-order valence-corrected chi connectivity index (χ4v) is 2.88. The van der Waals surface area contributed by atoms with Crippen molar-refractivity contribution in [3.63, 3.8) is 0 Å². The van der Waals surface area contributed by atoms with Crippen LogP contribution in [-0.2, 0) is 6.54 Å². The van der Waals surface area contributed by atoms with E-state index in [2.05, 4.69) is 22.4 Å². The van der Waals surface area contributed by atoms with Crippen molar-refractivity contribution >= 4 is 11.3 Å². The third-order valence-electron chi connectivity index (χ3n) is 2.97. The van der Waals surface area contributed by atoms with Crippen molar-refractivity contribution in [2.24, 2.45) is 0 Å². The molecular weight excluding hydrogens is 274 g/mol. The molecule has 2 aromatic rings. The number of para-hydroxylation sites is 1. The molecule has 106 valence electrons. The van der Waals surface area contributed by atoms with Gasteiger partial charge in [-0.1, -0.05) is 24.3 Å². The number of nitrogens with zero attached hydrogens (tertiary/aromatic N) is 2. The monoisotopic (exact) mass is 291 g/mol. The molecule has 1 N–H and O–H groups in total. The summed E-state index contributed by atoms with van der Waals surface area (Å²) in [7, 11) is 0. The molecule has 1 aliphatic rings. The highest BCUT2D eigenvalue weighted by Gasteiger charge is 2.19. The van der Waals surface area contributed by atoms with Crippen LogP contribution in [0.3, 0.4) is 0 Å². The Balaban J connectivity index is 1.82. The summed E-state index contributed by atoms with van der Waals surface area (Å²) in [5.74, 6) is 1.57. The van der Waals surface area contributed by atoms with Gasteiger partial charge in [0.2, 0.25) is 0 Å². The van der Waals surface area contributed by atoms with Gasteiger partial charge in [0.1, 0.15) is 18.2 Å². The molecule has 0 fully saturated rings. The number of hydrogen-bond donors (Lipinski definition) is 1. The van der Waals surface area contributed by atoms with Crippen molar-refractivity contribution in [1.29, 1.82) is 0 Å². The number of benzene rings is 1. The van der Waals surface area contributed by atoms with Gasteiger partial charge in [0.05, 0.1) is 5.56 Å². The van der Waals surface area contributed by atoms with Crippen LogP contribution < -0.4 is 14.8 Å².